The first-order valence-corrected chi connectivity index (χ1v) is 7.36. The first kappa shape index (κ1) is 14.2. The van der Waals surface area contributed by atoms with Crippen molar-refractivity contribution in [2.45, 2.75) is 4.90 Å². The number of rotatable bonds is 3. The molecular formula is C13H10Cl2N2OS. The van der Waals surface area contributed by atoms with Crippen molar-refractivity contribution in [2.24, 2.45) is 0 Å². The van der Waals surface area contributed by atoms with Gasteiger partial charge in [0.25, 0.3) is 5.91 Å². The third-order valence-electron chi connectivity index (χ3n) is 2.38. The molecule has 0 unspecified atom stereocenters. The fourth-order valence-corrected chi connectivity index (χ4v) is 2.40. The van der Waals surface area contributed by atoms with E-state index in [0.29, 0.717) is 0 Å². The molecule has 1 aromatic heterocycles. The van der Waals surface area contributed by atoms with Gasteiger partial charge >= 0.3 is 0 Å². The van der Waals surface area contributed by atoms with Crippen LogP contribution in [0.25, 0.3) is 0 Å². The normalized spacial score (nSPS) is 10.3. The van der Waals surface area contributed by atoms with Crippen LogP contribution in [-0.2, 0) is 0 Å². The summed E-state index contributed by atoms with van der Waals surface area (Å²) in [5.41, 5.74) is 0.836. The number of benzene rings is 1. The summed E-state index contributed by atoms with van der Waals surface area (Å²) in [6.45, 7) is 0. The van der Waals surface area contributed by atoms with Crippen LogP contribution in [0, 0.1) is 0 Å². The SMILES string of the molecule is CSc1ccccc1NC(=O)c1nc(Cl)ccc1Cl. The van der Waals surface area contributed by atoms with Crippen LogP contribution in [-0.4, -0.2) is 17.1 Å². The van der Waals surface area contributed by atoms with Gasteiger partial charge in [-0.3, -0.25) is 4.79 Å². The van der Waals surface area contributed by atoms with Gasteiger partial charge in [-0.25, -0.2) is 4.98 Å². The lowest BCUT2D eigenvalue weighted by Crippen LogP contribution is -2.14. The number of carbonyl (C=O) groups is 1. The Morgan fingerprint density at radius 3 is 2.68 bits per heavy atom. The van der Waals surface area contributed by atoms with E-state index in [2.05, 4.69) is 10.3 Å². The van der Waals surface area contributed by atoms with Crippen LogP contribution in [0.15, 0.2) is 41.3 Å². The first-order valence-electron chi connectivity index (χ1n) is 5.38. The number of halogens is 2. The molecule has 6 heteroatoms. The molecule has 0 fully saturated rings. The first-order chi connectivity index (χ1) is 9.11. The Morgan fingerprint density at radius 2 is 1.95 bits per heavy atom. The molecule has 0 bridgehead atoms. The number of amides is 1. The number of para-hydroxylation sites is 1. The van der Waals surface area contributed by atoms with E-state index in [4.69, 9.17) is 23.2 Å². The van der Waals surface area contributed by atoms with Gasteiger partial charge in [-0.2, -0.15) is 0 Å². The van der Waals surface area contributed by atoms with Crippen molar-refractivity contribution < 1.29 is 4.79 Å². The number of nitrogens with one attached hydrogen (secondary N) is 1. The lowest BCUT2D eigenvalue weighted by atomic mass is 10.3. The summed E-state index contributed by atoms with van der Waals surface area (Å²) in [5, 5.41) is 3.28. The Hall–Kier alpha value is -1.23. The Kier molecular flexibility index (Phi) is 4.69. The molecule has 0 radical (unpaired) electrons. The summed E-state index contributed by atoms with van der Waals surface area (Å²) >= 11 is 13.3. The van der Waals surface area contributed by atoms with Crippen LogP contribution in [0.5, 0.6) is 0 Å². The topological polar surface area (TPSA) is 42.0 Å². The number of hydrogen-bond acceptors (Lipinski definition) is 3. The Bertz CT molecular complexity index is 619. The lowest BCUT2D eigenvalue weighted by molar-refractivity contribution is 0.102. The van der Waals surface area contributed by atoms with Crippen LogP contribution in [0.2, 0.25) is 10.2 Å². The average Bonchev–Trinajstić information content (AvgIpc) is 2.42. The molecule has 0 spiro atoms. The average molecular weight is 313 g/mol. The summed E-state index contributed by atoms with van der Waals surface area (Å²) in [4.78, 5) is 17.0. The molecular weight excluding hydrogens is 303 g/mol. The minimum atomic E-state index is -0.381. The van der Waals surface area contributed by atoms with Crippen LogP contribution >= 0.6 is 35.0 Å². The minimum Gasteiger partial charge on any atom is -0.320 e. The molecule has 2 aromatic rings. The van der Waals surface area contributed by atoms with Gasteiger partial charge in [0.05, 0.1) is 10.7 Å². The maximum Gasteiger partial charge on any atom is 0.275 e. The number of nitrogens with zero attached hydrogens (tertiary/aromatic N) is 1. The van der Waals surface area contributed by atoms with Crippen LogP contribution in [0.3, 0.4) is 0 Å². The van der Waals surface area contributed by atoms with E-state index < -0.39 is 0 Å². The highest BCUT2D eigenvalue weighted by Gasteiger charge is 2.14. The van der Waals surface area contributed by atoms with Crippen molar-refractivity contribution in [3.8, 4) is 0 Å². The Balaban J connectivity index is 2.28. The number of anilines is 1. The fraction of sp³-hybridized carbons (Fsp3) is 0.0769. The molecule has 1 aromatic carbocycles. The molecule has 98 valence electrons. The summed E-state index contributed by atoms with van der Waals surface area (Å²) in [6.07, 6.45) is 1.94. The number of pyridine rings is 1. The standard InChI is InChI=1S/C13H10Cl2N2OS/c1-19-10-5-3-2-4-9(10)16-13(18)12-8(14)6-7-11(15)17-12/h2-7H,1H3,(H,16,18). The summed E-state index contributed by atoms with van der Waals surface area (Å²) in [6, 6.07) is 10.6. The maximum absolute atomic E-state index is 12.1. The van der Waals surface area contributed by atoms with E-state index in [-0.39, 0.29) is 21.8 Å². The van der Waals surface area contributed by atoms with E-state index in [0.717, 1.165) is 10.6 Å². The van der Waals surface area contributed by atoms with Crippen molar-refractivity contribution in [2.75, 3.05) is 11.6 Å². The number of aromatic nitrogens is 1. The van der Waals surface area contributed by atoms with Gasteiger partial charge in [-0.05, 0) is 30.5 Å². The smallest absolute Gasteiger partial charge is 0.275 e. The van der Waals surface area contributed by atoms with E-state index in [1.54, 1.807) is 17.8 Å². The van der Waals surface area contributed by atoms with Crippen molar-refractivity contribution in [1.29, 1.82) is 0 Å². The molecule has 0 aliphatic carbocycles. The van der Waals surface area contributed by atoms with Crippen molar-refractivity contribution in [3.63, 3.8) is 0 Å². The number of hydrogen-bond donors (Lipinski definition) is 1. The van der Waals surface area contributed by atoms with Crippen molar-refractivity contribution in [1.82, 2.24) is 4.98 Å². The van der Waals surface area contributed by atoms with Gasteiger partial charge in [-0.1, -0.05) is 35.3 Å². The third-order valence-corrected chi connectivity index (χ3v) is 3.69. The van der Waals surface area contributed by atoms with Gasteiger partial charge in [0.15, 0.2) is 0 Å². The van der Waals surface area contributed by atoms with E-state index >= 15 is 0 Å². The predicted octanol–water partition coefficient (Wildman–Crippen LogP) is 4.36. The highest BCUT2D eigenvalue weighted by Crippen LogP contribution is 2.26. The second-order valence-electron chi connectivity index (χ2n) is 3.62. The zero-order chi connectivity index (χ0) is 13.8. The van der Waals surface area contributed by atoms with Gasteiger partial charge in [0, 0.05) is 4.90 Å². The number of thioether (sulfide) groups is 1. The molecule has 0 saturated heterocycles. The van der Waals surface area contributed by atoms with Gasteiger partial charge in [-0.15, -0.1) is 11.8 Å². The maximum atomic E-state index is 12.1. The molecule has 0 aliphatic heterocycles. The fourth-order valence-electron chi connectivity index (χ4n) is 1.51. The second-order valence-corrected chi connectivity index (χ2v) is 5.26. The summed E-state index contributed by atoms with van der Waals surface area (Å²) < 4.78 is 0. The molecule has 1 heterocycles. The van der Waals surface area contributed by atoms with Crippen molar-refractivity contribution >= 4 is 46.6 Å². The Morgan fingerprint density at radius 1 is 1.21 bits per heavy atom. The zero-order valence-corrected chi connectivity index (χ0v) is 12.3. The minimum absolute atomic E-state index is 0.116. The highest BCUT2D eigenvalue weighted by molar-refractivity contribution is 7.98. The highest BCUT2D eigenvalue weighted by atomic mass is 35.5. The zero-order valence-electron chi connectivity index (χ0n) is 9.98. The second kappa shape index (κ2) is 6.28. The molecule has 0 aliphatic rings. The molecule has 1 amide bonds. The monoisotopic (exact) mass is 312 g/mol. The van der Waals surface area contributed by atoms with Gasteiger partial charge in [0.2, 0.25) is 0 Å². The molecule has 3 nitrogen and oxygen atoms in total. The molecule has 0 atom stereocenters. The third kappa shape index (κ3) is 3.41. The quantitative estimate of drug-likeness (QED) is 0.676. The predicted molar refractivity (Wildman–Crippen MR) is 80.4 cm³/mol. The van der Waals surface area contributed by atoms with E-state index in [9.17, 15) is 4.79 Å². The molecule has 1 N–H and O–H groups in total. The molecule has 0 saturated carbocycles. The van der Waals surface area contributed by atoms with Crippen LogP contribution in [0.4, 0.5) is 5.69 Å². The summed E-state index contributed by atoms with van der Waals surface area (Å²) in [5.74, 6) is -0.381. The Labute approximate surface area is 125 Å². The lowest BCUT2D eigenvalue weighted by Gasteiger charge is -2.09. The van der Waals surface area contributed by atoms with Crippen LogP contribution < -0.4 is 5.32 Å². The van der Waals surface area contributed by atoms with Crippen molar-refractivity contribution in [3.05, 3.63) is 52.3 Å². The van der Waals surface area contributed by atoms with Crippen LogP contribution in [0.1, 0.15) is 10.5 Å². The number of carbonyl (C=O) groups excluding carboxylic acids is 1. The van der Waals surface area contributed by atoms with Gasteiger partial charge < -0.3 is 5.32 Å². The summed E-state index contributed by atoms with van der Waals surface area (Å²) in [7, 11) is 0. The van der Waals surface area contributed by atoms with E-state index in [1.807, 2.05) is 30.5 Å². The van der Waals surface area contributed by atoms with E-state index in [1.165, 1.54) is 6.07 Å². The molecule has 2 rings (SSSR count). The molecule has 19 heavy (non-hydrogen) atoms. The van der Waals surface area contributed by atoms with Gasteiger partial charge in [0.1, 0.15) is 10.8 Å². The largest absolute Gasteiger partial charge is 0.320 e.